The summed E-state index contributed by atoms with van der Waals surface area (Å²) in [5.41, 5.74) is 0. The molecule has 1 rings (SSSR count). The highest BCUT2D eigenvalue weighted by Crippen LogP contribution is 2.20. The molecule has 1 atom stereocenters. The summed E-state index contributed by atoms with van der Waals surface area (Å²) < 4.78 is 0. The van der Waals surface area contributed by atoms with Crippen LogP contribution in [0.5, 0.6) is 0 Å². The normalized spacial score (nSPS) is 24.0. The fourth-order valence-corrected chi connectivity index (χ4v) is 2.24. The zero-order valence-corrected chi connectivity index (χ0v) is 9.18. The molecule has 0 spiro atoms. The van der Waals surface area contributed by atoms with Crippen LogP contribution >= 0.6 is 0 Å². The molecule has 1 fully saturated rings. The fraction of sp³-hybridized carbons (Fsp3) is 1.00. The van der Waals surface area contributed by atoms with Crippen LogP contribution in [-0.4, -0.2) is 38.1 Å². The molecule has 0 radical (unpaired) electrons. The monoisotopic (exact) mass is 184 g/mol. The molecule has 0 aromatic heterocycles. The van der Waals surface area contributed by atoms with Gasteiger partial charge in [-0.25, -0.2) is 0 Å². The molecule has 0 amide bonds. The molecule has 0 aliphatic carbocycles. The maximum Gasteiger partial charge on any atom is 0.00101 e. The summed E-state index contributed by atoms with van der Waals surface area (Å²) in [5, 5.41) is 3.21. The van der Waals surface area contributed by atoms with Gasteiger partial charge in [-0.05, 0) is 58.3 Å². The van der Waals surface area contributed by atoms with Crippen molar-refractivity contribution < 1.29 is 0 Å². The van der Waals surface area contributed by atoms with E-state index < -0.39 is 0 Å². The van der Waals surface area contributed by atoms with Crippen molar-refractivity contribution in [1.29, 1.82) is 0 Å². The molecule has 0 aromatic rings. The maximum atomic E-state index is 3.21. The Morgan fingerprint density at radius 3 is 3.00 bits per heavy atom. The highest BCUT2D eigenvalue weighted by molar-refractivity contribution is 4.75. The van der Waals surface area contributed by atoms with Gasteiger partial charge in [0.05, 0.1) is 0 Å². The first-order valence-corrected chi connectivity index (χ1v) is 5.73. The summed E-state index contributed by atoms with van der Waals surface area (Å²) in [7, 11) is 2.04. The summed E-state index contributed by atoms with van der Waals surface area (Å²) in [6.07, 6.45) is 5.51. The van der Waals surface area contributed by atoms with Gasteiger partial charge in [0.15, 0.2) is 0 Å². The standard InChI is InChI=1S/C11H24N2/c1-3-8-13-9-6-11(10-13)5-4-7-12-2/h11-12H,3-10H2,1-2H3. The van der Waals surface area contributed by atoms with Gasteiger partial charge in [-0.1, -0.05) is 6.92 Å². The van der Waals surface area contributed by atoms with Crippen molar-refractivity contribution in [2.75, 3.05) is 33.2 Å². The van der Waals surface area contributed by atoms with Crippen LogP contribution in [-0.2, 0) is 0 Å². The number of rotatable bonds is 6. The number of hydrogen-bond acceptors (Lipinski definition) is 2. The molecule has 1 aliphatic rings. The van der Waals surface area contributed by atoms with Gasteiger partial charge in [-0.3, -0.25) is 0 Å². The van der Waals surface area contributed by atoms with E-state index in [0.29, 0.717) is 0 Å². The number of nitrogens with one attached hydrogen (secondary N) is 1. The largest absolute Gasteiger partial charge is 0.320 e. The molecule has 2 nitrogen and oxygen atoms in total. The number of nitrogens with zero attached hydrogens (tertiary/aromatic N) is 1. The summed E-state index contributed by atoms with van der Waals surface area (Å²) in [5.74, 6) is 0.986. The minimum atomic E-state index is 0.986. The highest BCUT2D eigenvalue weighted by atomic mass is 15.1. The predicted molar refractivity (Wildman–Crippen MR) is 58.0 cm³/mol. The van der Waals surface area contributed by atoms with Gasteiger partial charge in [0.1, 0.15) is 0 Å². The van der Waals surface area contributed by atoms with Crippen LogP contribution < -0.4 is 5.32 Å². The third-order valence-electron chi connectivity index (χ3n) is 2.95. The molecule has 0 bridgehead atoms. The quantitative estimate of drug-likeness (QED) is 0.632. The molecule has 0 saturated carbocycles. The average Bonchev–Trinajstić information content (AvgIpc) is 2.54. The lowest BCUT2D eigenvalue weighted by Crippen LogP contribution is -2.21. The van der Waals surface area contributed by atoms with E-state index in [0.717, 1.165) is 5.92 Å². The molecule has 0 aromatic carbocycles. The van der Waals surface area contributed by atoms with Gasteiger partial charge < -0.3 is 10.2 Å². The molecule has 2 heteroatoms. The Bertz CT molecular complexity index is 125. The van der Waals surface area contributed by atoms with E-state index in [4.69, 9.17) is 0 Å². The third kappa shape index (κ3) is 4.10. The lowest BCUT2D eigenvalue weighted by atomic mass is 10.0. The number of hydrogen-bond donors (Lipinski definition) is 1. The van der Waals surface area contributed by atoms with Crippen molar-refractivity contribution in [3.8, 4) is 0 Å². The summed E-state index contributed by atoms with van der Waals surface area (Å²) in [6.45, 7) is 7.47. The predicted octanol–water partition coefficient (Wildman–Crippen LogP) is 1.72. The van der Waals surface area contributed by atoms with Gasteiger partial charge in [-0.15, -0.1) is 0 Å². The van der Waals surface area contributed by atoms with Gasteiger partial charge in [-0.2, -0.15) is 0 Å². The van der Waals surface area contributed by atoms with Crippen LogP contribution in [0.4, 0.5) is 0 Å². The van der Waals surface area contributed by atoms with Crippen LogP contribution in [0.25, 0.3) is 0 Å². The lowest BCUT2D eigenvalue weighted by molar-refractivity contribution is 0.320. The Labute approximate surface area is 82.7 Å². The first-order chi connectivity index (χ1) is 6.36. The smallest absolute Gasteiger partial charge is 0.00101 e. The molecule has 1 unspecified atom stereocenters. The second-order valence-corrected chi connectivity index (χ2v) is 4.20. The summed E-state index contributed by atoms with van der Waals surface area (Å²) in [4.78, 5) is 2.62. The van der Waals surface area contributed by atoms with Gasteiger partial charge in [0.25, 0.3) is 0 Å². The Hall–Kier alpha value is -0.0800. The minimum Gasteiger partial charge on any atom is -0.320 e. The highest BCUT2D eigenvalue weighted by Gasteiger charge is 2.20. The van der Waals surface area contributed by atoms with Crippen molar-refractivity contribution in [3.05, 3.63) is 0 Å². The van der Waals surface area contributed by atoms with E-state index in [2.05, 4.69) is 17.1 Å². The molecule has 1 aliphatic heterocycles. The Morgan fingerprint density at radius 1 is 1.46 bits per heavy atom. The van der Waals surface area contributed by atoms with Crippen LogP contribution in [0.2, 0.25) is 0 Å². The van der Waals surface area contributed by atoms with Crippen molar-refractivity contribution >= 4 is 0 Å². The Kier molecular flexibility index (Phi) is 5.40. The molecule has 13 heavy (non-hydrogen) atoms. The maximum absolute atomic E-state index is 3.21. The fourth-order valence-electron chi connectivity index (χ4n) is 2.24. The van der Waals surface area contributed by atoms with E-state index in [1.54, 1.807) is 0 Å². The topological polar surface area (TPSA) is 15.3 Å². The van der Waals surface area contributed by atoms with Gasteiger partial charge in [0.2, 0.25) is 0 Å². The minimum absolute atomic E-state index is 0.986. The zero-order chi connectivity index (χ0) is 9.52. The first-order valence-electron chi connectivity index (χ1n) is 5.73. The van der Waals surface area contributed by atoms with Crippen LogP contribution in [0, 0.1) is 5.92 Å². The van der Waals surface area contributed by atoms with Crippen molar-refractivity contribution in [2.24, 2.45) is 5.92 Å². The van der Waals surface area contributed by atoms with Crippen molar-refractivity contribution in [1.82, 2.24) is 10.2 Å². The number of likely N-dealkylation sites (tertiary alicyclic amines) is 1. The molecular weight excluding hydrogens is 160 g/mol. The van der Waals surface area contributed by atoms with Gasteiger partial charge in [0, 0.05) is 6.54 Å². The first kappa shape index (κ1) is 11.0. The molecule has 78 valence electrons. The van der Waals surface area contributed by atoms with E-state index in [1.807, 2.05) is 7.05 Å². The SMILES string of the molecule is CCCN1CCC(CCCNC)C1. The van der Waals surface area contributed by atoms with Crippen molar-refractivity contribution in [2.45, 2.75) is 32.6 Å². The lowest BCUT2D eigenvalue weighted by Gasteiger charge is -2.14. The second-order valence-electron chi connectivity index (χ2n) is 4.20. The zero-order valence-electron chi connectivity index (χ0n) is 9.18. The van der Waals surface area contributed by atoms with Crippen LogP contribution in [0.3, 0.4) is 0 Å². The Balaban J connectivity index is 2.03. The van der Waals surface area contributed by atoms with E-state index in [-0.39, 0.29) is 0 Å². The molecular formula is C11H24N2. The Morgan fingerprint density at radius 2 is 2.31 bits per heavy atom. The van der Waals surface area contributed by atoms with E-state index in [1.165, 1.54) is 51.9 Å². The summed E-state index contributed by atoms with van der Waals surface area (Å²) in [6, 6.07) is 0. The van der Waals surface area contributed by atoms with Crippen LogP contribution in [0.1, 0.15) is 32.6 Å². The average molecular weight is 184 g/mol. The third-order valence-corrected chi connectivity index (χ3v) is 2.95. The summed E-state index contributed by atoms with van der Waals surface area (Å²) >= 11 is 0. The molecule has 1 saturated heterocycles. The van der Waals surface area contributed by atoms with E-state index in [9.17, 15) is 0 Å². The van der Waals surface area contributed by atoms with Crippen molar-refractivity contribution in [3.63, 3.8) is 0 Å². The van der Waals surface area contributed by atoms with Gasteiger partial charge >= 0.3 is 0 Å². The second kappa shape index (κ2) is 6.39. The van der Waals surface area contributed by atoms with E-state index >= 15 is 0 Å². The van der Waals surface area contributed by atoms with Crippen LogP contribution in [0.15, 0.2) is 0 Å². The molecule has 1 N–H and O–H groups in total. The molecule has 1 heterocycles.